The van der Waals surface area contributed by atoms with Gasteiger partial charge in [-0.2, -0.15) is 0 Å². The fourth-order valence-corrected chi connectivity index (χ4v) is 3.23. The molecule has 1 aliphatic carbocycles. The zero-order valence-corrected chi connectivity index (χ0v) is 12.5. The first-order chi connectivity index (χ1) is 9.79. The van der Waals surface area contributed by atoms with E-state index in [1.54, 1.807) is 0 Å². The van der Waals surface area contributed by atoms with Gasteiger partial charge in [0.15, 0.2) is 0 Å². The van der Waals surface area contributed by atoms with Crippen molar-refractivity contribution < 1.29 is 9.53 Å². The molecule has 1 atom stereocenters. The van der Waals surface area contributed by atoms with Crippen molar-refractivity contribution >= 4 is 5.97 Å². The van der Waals surface area contributed by atoms with Gasteiger partial charge in [-0.3, -0.25) is 4.79 Å². The number of hydrogen-bond donors (Lipinski definition) is 0. The number of aryl methyl sites for hydroxylation is 1. The van der Waals surface area contributed by atoms with Gasteiger partial charge in [0.25, 0.3) is 0 Å². The summed E-state index contributed by atoms with van der Waals surface area (Å²) in [5, 5.41) is 0. The lowest BCUT2D eigenvalue weighted by Crippen LogP contribution is -2.21. The van der Waals surface area contributed by atoms with Crippen LogP contribution < -0.4 is 0 Å². The van der Waals surface area contributed by atoms with E-state index in [1.165, 1.54) is 31.2 Å². The Morgan fingerprint density at radius 1 is 1.25 bits per heavy atom. The second-order valence-electron chi connectivity index (χ2n) is 5.86. The van der Waals surface area contributed by atoms with Crippen molar-refractivity contribution in [2.75, 3.05) is 6.61 Å². The molecule has 0 aliphatic heterocycles. The summed E-state index contributed by atoms with van der Waals surface area (Å²) < 4.78 is 5.26. The number of carbonyl (C=O) groups is 1. The van der Waals surface area contributed by atoms with Crippen molar-refractivity contribution in [3.63, 3.8) is 0 Å². The van der Waals surface area contributed by atoms with E-state index in [0.717, 1.165) is 25.2 Å². The minimum atomic E-state index is 0.00957. The van der Waals surface area contributed by atoms with E-state index < -0.39 is 0 Å². The monoisotopic (exact) mass is 274 g/mol. The van der Waals surface area contributed by atoms with Crippen LogP contribution in [0.3, 0.4) is 0 Å². The second kappa shape index (κ2) is 8.08. The van der Waals surface area contributed by atoms with Crippen LogP contribution in [0.4, 0.5) is 0 Å². The van der Waals surface area contributed by atoms with Gasteiger partial charge in [-0.1, -0.05) is 56.0 Å². The molecule has 1 fully saturated rings. The zero-order chi connectivity index (χ0) is 14.2. The fraction of sp³-hybridized carbons (Fsp3) is 0.611. The van der Waals surface area contributed by atoms with Gasteiger partial charge in [0.05, 0.1) is 12.5 Å². The van der Waals surface area contributed by atoms with Gasteiger partial charge >= 0.3 is 5.97 Å². The molecule has 0 heterocycles. The quantitative estimate of drug-likeness (QED) is 0.690. The Kier molecular flexibility index (Phi) is 6.10. The van der Waals surface area contributed by atoms with Crippen LogP contribution >= 0.6 is 0 Å². The molecule has 0 bridgehead atoms. The van der Waals surface area contributed by atoms with Gasteiger partial charge in [0.1, 0.15) is 0 Å². The normalized spacial score (nSPS) is 17.1. The average molecular weight is 274 g/mol. The Bertz CT molecular complexity index is 393. The molecule has 0 amide bonds. The highest BCUT2D eigenvalue weighted by Crippen LogP contribution is 2.32. The molecule has 1 aliphatic rings. The summed E-state index contributed by atoms with van der Waals surface area (Å²) in [6, 6.07) is 10.4. The Balaban J connectivity index is 1.89. The summed E-state index contributed by atoms with van der Waals surface area (Å²) in [5.74, 6) is 0.828. The van der Waals surface area contributed by atoms with E-state index >= 15 is 0 Å². The van der Waals surface area contributed by atoms with Crippen LogP contribution in [0, 0.1) is 11.8 Å². The molecule has 0 saturated heterocycles. The molecule has 0 spiro atoms. The second-order valence-corrected chi connectivity index (χ2v) is 5.86. The maximum Gasteiger partial charge on any atom is 0.308 e. The van der Waals surface area contributed by atoms with Gasteiger partial charge in [-0.25, -0.2) is 0 Å². The first-order valence-electron chi connectivity index (χ1n) is 8.00. The van der Waals surface area contributed by atoms with Crippen LogP contribution in [0.15, 0.2) is 30.3 Å². The lowest BCUT2D eigenvalue weighted by atomic mass is 9.89. The Morgan fingerprint density at radius 2 is 1.95 bits per heavy atom. The first-order valence-corrected chi connectivity index (χ1v) is 8.00. The van der Waals surface area contributed by atoms with Crippen LogP contribution in [0.5, 0.6) is 0 Å². The molecule has 2 heteroatoms. The smallest absolute Gasteiger partial charge is 0.308 e. The van der Waals surface area contributed by atoms with E-state index in [-0.39, 0.29) is 11.9 Å². The van der Waals surface area contributed by atoms with Crippen molar-refractivity contribution in [1.29, 1.82) is 0 Å². The van der Waals surface area contributed by atoms with Crippen LogP contribution in [0.1, 0.15) is 51.0 Å². The van der Waals surface area contributed by atoms with E-state index in [2.05, 4.69) is 24.3 Å². The third kappa shape index (κ3) is 4.66. The number of ether oxygens (including phenoxy) is 1. The van der Waals surface area contributed by atoms with Gasteiger partial charge in [-0.15, -0.1) is 0 Å². The van der Waals surface area contributed by atoms with Gasteiger partial charge < -0.3 is 4.74 Å². The Labute approximate surface area is 122 Å². The van der Waals surface area contributed by atoms with Crippen molar-refractivity contribution in [3.05, 3.63) is 35.9 Å². The van der Waals surface area contributed by atoms with E-state index in [0.29, 0.717) is 6.61 Å². The van der Waals surface area contributed by atoms with Gasteiger partial charge in [0.2, 0.25) is 0 Å². The fourth-order valence-electron chi connectivity index (χ4n) is 3.23. The van der Waals surface area contributed by atoms with E-state index in [1.807, 2.05) is 13.0 Å². The molecular weight excluding hydrogens is 248 g/mol. The molecular formula is C18H26O2. The zero-order valence-electron chi connectivity index (χ0n) is 12.5. The summed E-state index contributed by atoms with van der Waals surface area (Å²) in [7, 11) is 0. The maximum absolute atomic E-state index is 12.1. The van der Waals surface area contributed by atoms with Crippen LogP contribution in [-0.2, 0) is 16.0 Å². The lowest BCUT2D eigenvalue weighted by molar-refractivity contribution is -0.148. The van der Waals surface area contributed by atoms with E-state index in [9.17, 15) is 4.79 Å². The number of esters is 1. The third-order valence-electron chi connectivity index (χ3n) is 4.34. The van der Waals surface area contributed by atoms with Crippen molar-refractivity contribution in [2.24, 2.45) is 11.8 Å². The van der Waals surface area contributed by atoms with Crippen molar-refractivity contribution in [2.45, 2.75) is 51.9 Å². The molecule has 1 aromatic carbocycles. The molecule has 2 rings (SSSR count). The predicted octanol–water partition coefficient (Wildman–Crippen LogP) is 4.38. The Morgan fingerprint density at radius 3 is 2.60 bits per heavy atom. The summed E-state index contributed by atoms with van der Waals surface area (Å²) in [6.45, 7) is 2.38. The van der Waals surface area contributed by atoms with Crippen molar-refractivity contribution in [1.82, 2.24) is 0 Å². The minimum Gasteiger partial charge on any atom is -0.466 e. The Hall–Kier alpha value is -1.31. The van der Waals surface area contributed by atoms with Gasteiger partial charge in [-0.05, 0) is 37.7 Å². The van der Waals surface area contributed by atoms with E-state index in [4.69, 9.17) is 4.74 Å². The third-order valence-corrected chi connectivity index (χ3v) is 4.34. The van der Waals surface area contributed by atoms with Crippen LogP contribution in [-0.4, -0.2) is 12.6 Å². The molecule has 20 heavy (non-hydrogen) atoms. The molecule has 1 saturated carbocycles. The van der Waals surface area contributed by atoms with Crippen LogP contribution in [0.2, 0.25) is 0 Å². The molecule has 1 unspecified atom stereocenters. The maximum atomic E-state index is 12.1. The highest BCUT2D eigenvalue weighted by atomic mass is 16.5. The summed E-state index contributed by atoms with van der Waals surface area (Å²) in [6.07, 6.45) is 8.16. The number of hydrogen-bond acceptors (Lipinski definition) is 2. The highest BCUT2D eigenvalue weighted by Gasteiger charge is 2.25. The molecule has 2 nitrogen and oxygen atoms in total. The van der Waals surface area contributed by atoms with Crippen molar-refractivity contribution in [3.8, 4) is 0 Å². The molecule has 1 aromatic rings. The first kappa shape index (κ1) is 15.1. The average Bonchev–Trinajstić information content (AvgIpc) is 2.97. The number of carbonyl (C=O) groups excluding carboxylic acids is 1. The highest BCUT2D eigenvalue weighted by molar-refractivity contribution is 5.72. The molecule has 0 radical (unpaired) electrons. The SMILES string of the molecule is CCOC(=O)C(CCc1ccccc1)CC1CCCC1. The summed E-state index contributed by atoms with van der Waals surface area (Å²) in [5.41, 5.74) is 1.31. The molecule has 0 N–H and O–H groups in total. The topological polar surface area (TPSA) is 26.3 Å². The van der Waals surface area contributed by atoms with Crippen LogP contribution in [0.25, 0.3) is 0 Å². The largest absolute Gasteiger partial charge is 0.466 e. The standard InChI is InChI=1S/C18H26O2/c1-2-20-18(19)17(14-16-10-6-7-11-16)13-12-15-8-4-3-5-9-15/h3-5,8-9,16-17H,2,6-7,10-14H2,1H3. The minimum absolute atomic E-state index is 0.00957. The lowest BCUT2D eigenvalue weighted by Gasteiger charge is -2.19. The van der Waals surface area contributed by atoms with Gasteiger partial charge in [0, 0.05) is 0 Å². The predicted molar refractivity (Wildman–Crippen MR) is 81.5 cm³/mol. The molecule has 0 aromatic heterocycles. The number of rotatable bonds is 7. The summed E-state index contributed by atoms with van der Waals surface area (Å²) in [4.78, 5) is 12.1. The summed E-state index contributed by atoms with van der Waals surface area (Å²) >= 11 is 0. The molecule has 110 valence electrons. The number of benzene rings is 1.